The highest BCUT2D eigenvalue weighted by Gasteiger charge is 2.10. The van der Waals surface area contributed by atoms with Gasteiger partial charge in [0.05, 0.1) is 7.11 Å². The SMILES string of the molecule is COC(=O)c1ccc(C=CCSC(C)=O)cc1O. The van der Waals surface area contributed by atoms with E-state index in [0.29, 0.717) is 5.75 Å². The van der Waals surface area contributed by atoms with Crippen LogP contribution in [0.4, 0.5) is 0 Å². The fraction of sp³-hybridized carbons (Fsp3) is 0.231. The highest BCUT2D eigenvalue weighted by Crippen LogP contribution is 2.20. The molecule has 0 heterocycles. The number of esters is 1. The van der Waals surface area contributed by atoms with Crippen molar-refractivity contribution < 1.29 is 19.4 Å². The summed E-state index contributed by atoms with van der Waals surface area (Å²) in [4.78, 5) is 21.9. The van der Waals surface area contributed by atoms with Crippen molar-refractivity contribution in [2.24, 2.45) is 0 Å². The molecule has 0 aliphatic carbocycles. The van der Waals surface area contributed by atoms with E-state index in [-0.39, 0.29) is 16.4 Å². The molecule has 0 saturated carbocycles. The second-order valence-electron chi connectivity index (χ2n) is 3.47. The number of methoxy groups -OCH3 is 1. The van der Waals surface area contributed by atoms with Crippen molar-refractivity contribution in [2.75, 3.05) is 12.9 Å². The first kappa shape index (κ1) is 14.3. The van der Waals surface area contributed by atoms with Crippen molar-refractivity contribution in [2.45, 2.75) is 6.92 Å². The van der Waals surface area contributed by atoms with Gasteiger partial charge in [0.1, 0.15) is 11.3 Å². The number of rotatable bonds is 4. The minimum absolute atomic E-state index is 0.0588. The summed E-state index contributed by atoms with van der Waals surface area (Å²) in [6, 6.07) is 4.67. The van der Waals surface area contributed by atoms with Crippen LogP contribution >= 0.6 is 11.8 Å². The fourth-order valence-electron chi connectivity index (χ4n) is 1.28. The normalized spacial score (nSPS) is 10.6. The number of hydrogen-bond acceptors (Lipinski definition) is 5. The average molecular weight is 266 g/mol. The van der Waals surface area contributed by atoms with Crippen molar-refractivity contribution >= 4 is 28.9 Å². The van der Waals surface area contributed by atoms with Crippen LogP contribution in [0.3, 0.4) is 0 Å². The molecule has 0 aliphatic heterocycles. The molecule has 96 valence electrons. The van der Waals surface area contributed by atoms with Crippen LogP contribution in [0, 0.1) is 0 Å². The van der Waals surface area contributed by atoms with E-state index in [1.165, 1.54) is 37.9 Å². The van der Waals surface area contributed by atoms with Gasteiger partial charge in [-0.3, -0.25) is 4.79 Å². The lowest BCUT2D eigenvalue weighted by Crippen LogP contribution is -2.01. The van der Waals surface area contributed by atoms with E-state index in [0.717, 1.165) is 5.56 Å². The van der Waals surface area contributed by atoms with Crippen LogP contribution in [-0.2, 0) is 9.53 Å². The monoisotopic (exact) mass is 266 g/mol. The summed E-state index contributed by atoms with van der Waals surface area (Å²) in [5, 5.41) is 9.70. The summed E-state index contributed by atoms with van der Waals surface area (Å²) in [6.45, 7) is 1.51. The van der Waals surface area contributed by atoms with Crippen molar-refractivity contribution in [3.8, 4) is 5.75 Å². The zero-order valence-corrected chi connectivity index (χ0v) is 11.0. The number of thioether (sulfide) groups is 1. The molecule has 18 heavy (non-hydrogen) atoms. The molecule has 0 atom stereocenters. The predicted molar refractivity (Wildman–Crippen MR) is 71.6 cm³/mol. The third-order valence-electron chi connectivity index (χ3n) is 2.12. The molecular weight excluding hydrogens is 252 g/mol. The number of carbonyl (C=O) groups excluding carboxylic acids is 2. The average Bonchev–Trinajstić information content (AvgIpc) is 2.33. The largest absolute Gasteiger partial charge is 0.507 e. The van der Waals surface area contributed by atoms with E-state index in [2.05, 4.69) is 4.74 Å². The molecule has 0 aliphatic rings. The molecule has 4 nitrogen and oxygen atoms in total. The fourth-order valence-corrected chi connectivity index (χ4v) is 1.71. The summed E-state index contributed by atoms with van der Waals surface area (Å²) in [5.74, 6) is -0.118. The van der Waals surface area contributed by atoms with Gasteiger partial charge in [-0.1, -0.05) is 30.0 Å². The molecule has 0 fully saturated rings. The molecule has 1 N–H and O–H groups in total. The number of ether oxygens (including phenoxy) is 1. The summed E-state index contributed by atoms with van der Waals surface area (Å²) >= 11 is 1.20. The van der Waals surface area contributed by atoms with Crippen LogP contribution in [0.2, 0.25) is 0 Å². The number of carbonyl (C=O) groups is 2. The van der Waals surface area contributed by atoms with Crippen molar-refractivity contribution in [1.82, 2.24) is 0 Å². The highest BCUT2D eigenvalue weighted by molar-refractivity contribution is 8.13. The lowest BCUT2D eigenvalue weighted by molar-refractivity contribution is -0.109. The van der Waals surface area contributed by atoms with E-state index < -0.39 is 5.97 Å². The number of hydrogen-bond donors (Lipinski definition) is 1. The van der Waals surface area contributed by atoms with Gasteiger partial charge in [-0.2, -0.15) is 0 Å². The molecule has 5 heteroatoms. The van der Waals surface area contributed by atoms with Gasteiger partial charge in [0, 0.05) is 12.7 Å². The van der Waals surface area contributed by atoms with Crippen LogP contribution in [0.25, 0.3) is 6.08 Å². The predicted octanol–water partition coefficient (Wildman–Crippen LogP) is 2.47. The van der Waals surface area contributed by atoms with E-state index in [9.17, 15) is 14.7 Å². The van der Waals surface area contributed by atoms with Gasteiger partial charge in [-0.15, -0.1) is 0 Å². The van der Waals surface area contributed by atoms with Crippen LogP contribution in [-0.4, -0.2) is 29.1 Å². The first-order valence-corrected chi connectivity index (χ1v) is 6.24. The maximum absolute atomic E-state index is 11.2. The zero-order chi connectivity index (χ0) is 13.5. The van der Waals surface area contributed by atoms with Gasteiger partial charge in [-0.25, -0.2) is 4.79 Å². The van der Waals surface area contributed by atoms with Gasteiger partial charge in [0.25, 0.3) is 0 Å². The summed E-state index contributed by atoms with van der Waals surface area (Å²) in [7, 11) is 1.26. The number of aromatic hydroxyl groups is 1. The second-order valence-corrected chi connectivity index (χ2v) is 4.67. The molecule has 1 aromatic carbocycles. The highest BCUT2D eigenvalue weighted by atomic mass is 32.2. The van der Waals surface area contributed by atoms with Crippen LogP contribution in [0.5, 0.6) is 5.75 Å². The Morgan fingerprint density at radius 2 is 2.17 bits per heavy atom. The first-order valence-electron chi connectivity index (χ1n) is 5.26. The van der Waals surface area contributed by atoms with Crippen molar-refractivity contribution in [3.05, 3.63) is 35.4 Å². The van der Waals surface area contributed by atoms with Crippen molar-refractivity contribution in [3.63, 3.8) is 0 Å². The molecular formula is C13H14O4S. The molecule has 0 aromatic heterocycles. The molecule has 0 bridgehead atoms. The second kappa shape index (κ2) is 6.86. The standard InChI is InChI=1S/C13H14O4S/c1-9(14)18-7-3-4-10-5-6-11(12(15)8-10)13(16)17-2/h3-6,8,15H,7H2,1-2H3. The van der Waals surface area contributed by atoms with Gasteiger partial charge < -0.3 is 9.84 Å². The van der Waals surface area contributed by atoms with E-state index in [1.54, 1.807) is 12.1 Å². The van der Waals surface area contributed by atoms with Gasteiger partial charge in [0.2, 0.25) is 0 Å². The Morgan fingerprint density at radius 1 is 1.44 bits per heavy atom. The summed E-state index contributed by atoms with van der Waals surface area (Å²) in [6.07, 6.45) is 3.59. The lowest BCUT2D eigenvalue weighted by atomic mass is 10.1. The Labute approximate surface area is 110 Å². The third kappa shape index (κ3) is 4.25. The van der Waals surface area contributed by atoms with E-state index in [4.69, 9.17) is 0 Å². The Balaban J connectivity index is 2.72. The summed E-state index contributed by atoms with van der Waals surface area (Å²) < 4.78 is 4.52. The van der Waals surface area contributed by atoms with Crippen LogP contribution in [0.1, 0.15) is 22.8 Å². The Bertz CT molecular complexity index is 480. The minimum atomic E-state index is -0.574. The van der Waals surface area contributed by atoms with E-state index >= 15 is 0 Å². The smallest absolute Gasteiger partial charge is 0.341 e. The Kier molecular flexibility index (Phi) is 5.45. The van der Waals surface area contributed by atoms with Crippen LogP contribution < -0.4 is 0 Å². The first-order chi connectivity index (χ1) is 8.54. The molecule has 0 radical (unpaired) electrons. The van der Waals surface area contributed by atoms with E-state index in [1.807, 2.05) is 6.08 Å². The van der Waals surface area contributed by atoms with Crippen molar-refractivity contribution in [1.29, 1.82) is 0 Å². The number of phenols is 1. The maximum atomic E-state index is 11.2. The summed E-state index contributed by atoms with van der Waals surface area (Å²) in [5.41, 5.74) is 0.886. The number of phenolic OH excluding ortho intramolecular Hbond substituents is 1. The molecule has 0 amide bonds. The molecule has 0 unspecified atom stereocenters. The zero-order valence-electron chi connectivity index (χ0n) is 10.2. The lowest BCUT2D eigenvalue weighted by Gasteiger charge is -2.03. The molecule has 0 spiro atoms. The Morgan fingerprint density at radius 3 is 2.72 bits per heavy atom. The maximum Gasteiger partial charge on any atom is 0.341 e. The van der Waals surface area contributed by atoms with Gasteiger partial charge in [0.15, 0.2) is 5.12 Å². The van der Waals surface area contributed by atoms with Crippen LogP contribution in [0.15, 0.2) is 24.3 Å². The molecule has 1 aromatic rings. The number of benzene rings is 1. The third-order valence-corrected chi connectivity index (χ3v) is 2.89. The molecule has 0 saturated heterocycles. The van der Waals surface area contributed by atoms with Gasteiger partial charge in [-0.05, 0) is 17.7 Å². The topological polar surface area (TPSA) is 63.6 Å². The minimum Gasteiger partial charge on any atom is -0.507 e. The quantitative estimate of drug-likeness (QED) is 0.848. The van der Waals surface area contributed by atoms with Gasteiger partial charge >= 0.3 is 5.97 Å². The Hall–Kier alpha value is -1.75. The molecule has 1 rings (SSSR count).